The van der Waals surface area contributed by atoms with Crippen LogP contribution in [0.25, 0.3) is 0 Å². The molecule has 28 heavy (non-hydrogen) atoms. The van der Waals surface area contributed by atoms with E-state index >= 15 is 0 Å². The lowest BCUT2D eigenvalue weighted by Crippen LogP contribution is -2.63. The monoisotopic (exact) mass is 384 g/mol. The summed E-state index contributed by atoms with van der Waals surface area (Å²) >= 11 is 0. The van der Waals surface area contributed by atoms with Gasteiger partial charge in [-0.2, -0.15) is 5.10 Å². The van der Waals surface area contributed by atoms with Crippen molar-refractivity contribution in [2.24, 2.45) is 0 Å². The van der Waals surface area contributed by atoms with E-state index in [4.69, 9.17) is 4.74 Å². The fraction of sp³-hybridized carbons (Fsp3) is 0.818. The second-order valence-electron chi connectivity index (χ2n) is 9.91. The van der Waals surface area contributed by atoms with Gasteiger partial charge in [0.25, 0.3) is 0 Å². The molecule has 5 aliphatic rings. The Morgan fingerprint density at radius 3 is 2.75 bits per heavy atom. The molecule has 6 heteroatoms. The molecule has 1 aromatic rings. The summed E-state index contributed by atoms with van der Waals surface area (Å²) in [5.74, 6) is 0.330. The summed E-state index contributed by atoms with van der Waals surface area (Å²) in [6, 6.07) is 0. The summed E-state index contributed by atoms with van der Waals surface area (Å²) < 4.78 is 8.47. The summed E-state index contributed by atoms with van der Waals surface area (Å²) in [4.78, 5) is 17.8. The zero-order chi connectivity index (χ0) is 18.8. The zero-order valence-electron chi connectivity index (χ0n) is 16.9. The number of ether oxygens (including phenoxy) is 1. The number of aryl methyl sites for hydroxylation is 1. The van der Waals surface area contributed by atoms with Crippen molar-refractivity contribution in [3.8, 4) is 0 Å². The number of carbonyl (C=O) groups is 1. The third-order valence-corrected chi connectivity index (χ3v) is 8.27. The lowest BCUT2D eigenvalue weighted by atomic mass is 9.74. The Morgan fingerprint density at radius 2 is 1.96 bits per heavy atom. The summed E-state index contributed by atoms with van der Waals surface area (Å²) in [5, 5.41) is 4.59. The number of rotatable bonds is 4. The van der Waals surface area contributed by atoms with E-state index in [1.807, 2.05) is 0 Å². The number of hydrogen-bond donors (Lipinski definition) is 0. The quantitative estimate of drug-likeness (QED) is 0.800. The molecule has 6 nitrogen and oxygen atoms in total. The lowest BCUT2D eigenvalue weighted by Gasteiger charge is -2.54. The van der Waals surface area contributed by atoms with E-state index in [9.17, 15) is 4.79 Å². The van der Waals surface area contributed by atoms with Crippen LogP contribution in [0.4, 0.5) is 0 Å². The molecule has 1 unspecified atom stereocenters. The van der Waals surface area contributed by atoms with Gasteiger partial charge in [0.15, 0.2) is 0 Å². The van der Waals surface area contributed by atoms with E-state index in [-0.39, 0.29) is 17.2 Å². The molecular weight excluding hydrogens is 352 g/mol. The number of aromatic nitrogens is 2. The first kappa shape index (κ1) is 17.5. The minimum Gasteiger partial charge on any atom is -0.374 e. The maximum Gasteiger partial charge on any atom is 0.225 e. The Hall–Kier alpha value is -1.40. The number of amides is 1. The number of fused-ring (bicyclic) bond motifs is 1. The number of hydrogen-bond acceptors (Lipinski definition) is 4. The van der Waals surface area contributed by atoms with E-state index in [1.54, 1.807) is 0 Å². The summed E-state index contributed by atoms with van der Waals surface area (Å²) in [6.07, 6.45) is 13.6. The minimum absolute atomic E-state index is 0.0405. The lowest BCUT2D eigenvalue weighted by molar-refractivity contribution is -0.159. The number of carbonyl (C=O) groups excluding carboxylic acids is 1. The Bertz CT molecular complexity index is 779. The number of nitrogens with zero attached hydrogens (tertiary/aromatic N) is 4. The van der Waals surface area contributed by atoms with Gasteiger partial charge >= 0.3 is 0 Å². The van der Waals surface area contributed by atoms with Gasteiger partial charge in [-0.3, -0.25) is 14.4 Å². The normalized spacial score (nSPS) is 30.0. The summed E-state index contributed by atoms with van der Waals surface area (Å²) in [5.41, 5.74) is 3.28. The molecule has 0 N–H and O–H groups in total. The third-order valence-electron chi connectivity index (χ3n) is 8.27. The van der Waals surface area contributed by atoms with Crippen molar-refractivity contribution < 1.29 is 9.53 Å². The van der Waals surface area contributed by atoms with Crippen LogP contribution < -0.4 is 0 Å². The molecule has 152 valence electrons. The van der Waals surface area contributed by atoms with Crippen molar-refractivity contribution in [1.82, 2.24) is 19.6 Å². The minimum atomic E-state index is 0.0405. The van der Waals surface area contributed by atoms with E-state index in [2.05, 4.69) is 25.8 Å². The second kappa shape index (κ2) is 6.30. The molecule has 6 rings (SSSR count). The third kappa shape index (κ3) is 2.67. The number of morpholine rings is 1. The van der Waals surface area contributed by atoms with Crippen LogP contribution in [-0.4, -0.2) is 62.4 Å². The van der Waals surface area contributed by atoms with Crippen LogP contribution in [0, 0.1) is 0 Å². The molecule has 4 heterocycles. The summed E-state index contributed by atoms with van der Waals surface area (Å²) in [6.45, 7) is 4.67. The SMILES string of the molecule is O=C(CC1CN(Cc2cnn3c2CCC3)C2(CCC2)CO1)N1CCCC12CC2. The molecule has 2 saturated heterocycles. The van der Waals surface area contributed by atoms with Crippen molar-refractivity contribution in [2.75, 3.05) is 19.7 Å². The Morgan fingerprint density at radius 1 is 1.11 bits per heavy atom. The molecule has 2 aliphatic carbocycles. The standard InChI is InChI=1S/C22H32N4O2/c27-20(25-10-3-7-21(25)8-9-21)12-18-15-24(22(16-28-18)5-2-6-22)14-17-13-23-26-11-1-4-19(17)26/h13,18H,1-12,14-16H2. The van der Waals surface area contributed by atoms with Gasteiger partial charge in [0, 0.05) is 48.5 Å². The van der Waals surface area contributed by atoms with E-state index in [0.717, 1.165) is 39.2 Å². The van der Waals surface area contributed by atoms with Crippen LogP contribution in [0.1, 0.15) is 69.0 Å². The Kier molecular flexibility index (Phi) is 3.93. The van der Waals surface area contributed by atoms with Crippen LogP contribution in [0.15, 0.2) is 6.20 Å². The predicted octanol–water partition coefficient (Wildman–Crippen LogP) is 2.50. The Balaban J connectivity index is 1.16. The van der Waals surface area contributed by atoms with Gasteiger partial charge in [0.1, 0.15) is 0 Å². The highest BCUT2D eigenvalue weighted by atomic mass is 16.5. The van der Waals surface area contributed by atoms with Gasteiger partial charge in [-0.1, -0.05) is 0 Å². The predicted molar refractivity (Wildman–Crippen MR) is 105 cm³/mol. The molecule has 2 saturated carbocycles. The average molecular weight is 385 g/mol. The molecule has 4 fully saturated rings. The molecule has 2 spiro atoms. The van der Waals surface area contributed by atoms with Crippen LogP contribution in [0.3, 0.4) is 0 Å². The van der Waals surface area contributed by atoms with Gasteiger partial charge < -0.3 is 9.64 Å². The summed E-state index contributed by atoms with van der Waals surface area (Å²) in [7, 11) is 0. The first-order chi connectivity index (χ1) is 13.7. The van der Waals surface area contributed by atoms with Gasteiger partial charge in [0.05, 0.1) is 25.3 Å². The molecule has 1 atom stereocenters. The number of likely N-dealkylation sites (tertiary alicyclic amines) is 1. The van der Waals surface area contributed by atoms with Gasteiger partial charge in [0.2, 0.25) is 5.91 Å². The topological polar surface area (TPSA) is 50.6 Å². The van der Waals surface area contributed by atoms with Crippen LogP contribution >= 0.6 is 0 Å². The molecule has 3 aliphatic heterocycles. The highest BCUT2D eigenvalue weighted by Crippen LogP contribution is 2.50. The molecule has 0 radical (unpaired) electrons. The van der Waals surface area contributed by atoms with Gasteiger partial charge in [-0.25, -0.2) is 0 Å². The van der Waals surface area contributed by atoms with E-state index in [1.165, 1.54) is 62.6 Å². The van der Waals surface area contributed by atoms with Crippen LogP contribution in [-0.2, 0) is 29.0 Å². The smallest absolute Gasteiger partial charge is 0.225 e. The van der Waals surface area contributed by atoms with Crippen molar-refractivity contribution in [2.45, 2.75) is 94.5 Å². The second-order valence-corrected chi connectivity index (χ2v) is 9.91. The maximum atomic E-state index is 13.0. The highest BCUT2D eigenvalue weighted by Gasteiger charge is 2.53. The van der Waals surface area contributed by atoms with Crippen LogP contribution in [0.5, 0.6) is 0 Å². The van der Waals surface area contributed by atoms with Gasteiger partial charge in [-0.05, 0) is 57.8 Å². The first-order valence-corrected chi connectivity index (χ1v) is 11.4. The maximum absolute atomic E-state index is 13.0. The Labute approximate surface area is 167 Å². The molecule has 1 amide bonds. The van der Waals surface area contributed by atoms with Crippen molar-refractivity contribution in [1.29, 1.82) is 0 Å². The molecule has 1 aromatic heterocycles. The highest BCUT2D eigenvalue weighted by molar-refractivity contribution is 5.78. The van der Waals surface area contributed by atoms with Gasteiger partial charge in [-0.15, -0.1) is 0 Å². The largest absolute Gasteiger partial charge is 0.374 e. The molecule has 0 aromatic carbocycles. The van der Waals surface area contributed by atoms with Crippen LogP contribution in [0.2, 0.25) is 0 Å². The van der Waals surface area contributed by atoms with E-state index < -0.39 is 0 Å². The van der Waals surface area contributed by atoms with Crippen molar-refractivity contribution >= 4 is 5.91 Å². The first-order valence-electron chi connectivity index (χ1n) is 11.4. The molecular formula is C22H32N4O2. The average Bonchev–Trinajstić information content (AvgIpc) is 2.98. The fourth-order valence-electron chi connectivity index (χ4n) is 6.22. The zero-order valence-corrected chi connectivity index (χ0v) is 16.9. The fourth-order valence-corrected chi connectivity index (χ4v) is 6.22. The van der Waals surface area contributed by atoms with Crippen molar-refractivity contribution in [3.05, 3.63) is 17.5 Å². The van der Waals surface area contributed by atoms with E-state index in [0.29, 0.717) is 12.3 Å². The van der Waals surface area contributed by atoms with Crippen molar-refractivity contribution in [3.63, 3.8) is 0 Å². The molecule has 0 bridgehead atoms.